The monoisotopic (exact) mass is 131 g/mol. The molecule has 0 aromatic rings. The number of hydrogen-bond donors (Lipinski definition) is 2. The number of unbranched alkanes of at least 4 members (excludes halogenated alkanes) is 1. The van der Waals surface area contributed by atoms with Crippen molar-refractivity contribution in [2.75, 3.05) is 0 Å². The average molecular weight is 131 g/mol. The summed E-state index contributed by atoms with van der Waals surface area (Å²) in [6.07, 6.45) is 2.38. The van der Waals surface area contributed by atoms with Crippen molar-refractivity contribution in [1.29, 1.82) is 0 Å². The Kier molecular flexibility index (Phi) is 3.82. The molecule has 0 bridgehead atoms. The Bertz CT molecular complexity index is 69.3. The maximum absolute atomic E-state index is 8.98. The minimum absolute atomic E-state index is 0.396. The van der Waals surface area contributed by atoms with Gasteiger partial charge in [-0.3, -0.25) is 0 Å². The van der Waals surface area contributed by atoms with E-state index < -0.39 is 5.79 Å². The third-order valence-corrected chi connectivity index (χ3v) is 1.39. The molecule has 0 spiro atoms. The molecule has 0 aliphatic rings. The molecule has 9 heavy (non-hydrogen) atoms. The summed E-state index contributed by atoms with van der Waals surface area (Å²) in [5.74, 6) is -1.45. The number of rotatable bonds is 4. The highest BCUT2D eigenvalue weighted by Crippen LogP contribution is 2.13. The molecule has 2 heteroatoms. The molecule has 0 saturated heterocycles. The van der Waals surface area contributed by atoms with Gasteiger partial charge in [-0.15, -0.1) is 0 Å². The second-order valence-electron chi connectivity index (χ2n) is 2.29. The van der Waals surface area contributed by atoms with Gasteiger partial charge in [-0.05, 0) is 12.8 Å². The zero-order valence-corrected chi connectivity index (χ0v) is 5.93. The van der Waals surface area contributed by atoms with Gasteiger partial charge in [0.15, 0.2) is 5.79 Å². The standard InChI is InChI=1S/C7H15O2/c1-3-5-6-7(8,9)4-2/h8-9H,1,3-6H2,2H3. The van der Waals surface area contributed by atoms with Gasteiger partial charge in [0.1, 0.15) is 0 Å². The summed E-state index contributed by atoms with van der Waals surface area (Å²) >= 11 is 0. The molecule has 0 fully saturated rings. The van der Waals surface area contributed by atoms with Crippen molar-refractivity contribution in [3.63, 3.8) is 0 Å². The highest BCUT2D eigenvalue weighted by Gasteiger charge is 2.17. The van der Waals surface area contributed by atoms with E-state index in [1.807, 2.05) is 0 Å². The molecule has 2 N–H and O–H groups in total. The van der Waals surface area contributed by atoms with Gasteiger partial charge in [0.05, 0.1) is 0 Å². The predicted molar refractivity (Wildman–Crippen MR) is 36.7 cm³/mol. The van der Waals surface area contributed by atoms with E-state index in [1.54, 1.807) is 6.92 Å². The summed E-state index contributed by atoms with van der Waals surface area (Å²) in [6, 6.07) is 0. The Morgan fingerprint density at radius 3 is 2.33 bits per heavy atom. The van der Waals surface area contributed by atoms with Crippen molar-refractivity contribution in [3.05, 3.63) is 6.92 Å². The summed E-state index contributed by atoms with van der Waals surface area (Å²) in [5, 5.41) is 18.0. The second kappa shape index (κ2) is 3.85. The average Bonchev–Trinajstić information content (AvgIpc) is 1.84. The Morgan fingerprint density at radius 2 is 2.00 bits per heavy atom. The Morgan fingerprint density at radius 1 is 1.44 bits per heavy atom. The van der Waals surface area contributed by atoms with E-state index in [9.17, 15) is 0 Å². The topological polar surface area (TPSA) is 40.5 Å². The summed E-state index contributed by atoms with van der Waals surface area (Å²) in [4.78, 5) is 0. The molecule has 0 saturated carbocycles. The molecule has 0 aromatic carbocycles. The normalized spacial score (nSPS) is 12.0. The van der Waals surface area contributed by atoms with Crippen LogP contribution < -0.4 is 0 Å². The molecule has 55 valence electrons. The van der Waals surface area contributed by atoms with Crippen LogP contribution in [0.15, 0.2) is 0 Å². The van der Waals surface area contributed by atoms with E-state index in [0.717, 1.165) is 12.8 Å². The molecular formula is C7H15O2. The Balaban J connectivity index is 3.33. The van der Waals surface area contributed by atoms with Gasteiger partial charge in [0, 0.05) is 6.42 Å². The highest BCUT2D eigenvalue weighted by molar-refractivity contribution is 4.61. The molecule has 0 rings (SSSR count). The van der Waals surface area contributed by atoms with Crippen LogP contribution in [0.4, 0.5) is 0 Å². The second-order valence-corrected chi connectivity index (χ2v) is 2.29. The maximum atomic E-state index is 8.98. The molecule has 0 aromatic heterocycles. The van der Waals surface area contributed by atoms with Crippen molar-refractivity contribution in [3.8, 4) is 0 Å². The summed E-state index contributed by atoms with van der Waals surface area (Å²) in [7, 11) is 0. The Hall–Kier alpha value is -0.0800. The van der Waals surface area contributed by atoms with Crippen molar-refractivity contribution < 1.29 is 10.2 Å². The maximum Gasteiger partial charge on any atom is 0.162 e. The zero-order chi connectivity index (χ0) is 7.33. The first-order valence-electron chi connectivity index (χ1n) is 3.36. The van der Waals surface area contributed by atoms with E-state index in [-0.39, 0.29) is 0 Å². The molecule has 2 nitrogen and oxygen atoms in total. The fraction of sp³-hybridized carbons (Fsp3) is 0.857. The highest BCUT2D eigenvalue weighted by atomic mass is 16.5. The van der Waals surface area contributed by atoms with Gasteiger partial charge in [-0.25, -0.2) is 0 Å². The van der Waals surface area contributed by atoms with Crippen LogP contribution in [0.5, 0.6) is 0 Å². The fourth-order valence-electron chi connectivity index (χ4n) is 0.585. The predicted octanol–water partition coefficient (Wildman–Crippen LogP) is 1.08. The van der Waals surface area contributed by atoms with E-state index in [1.165, 1.54) is 0 Å². The molecule has 0 amide bonds. The van der Waals surface area contributed by atoms with E-state index >= 15 is 0 Å². The summed E-state index contributed by atoms with van der Waals surface area (Å²) in [6.45, 7) is 5.35. The first-order chi connectivity index (χ1) is 4.12. The lowest BCUT2D eigenvalue weighted by Crippen LogP contribution is -2.26. The van der Waals surface area contributed by atoms with Crippen LogP contribution >= 0.6 is 0 Å². The molecule has 0 aliphatic heterocycles. The van der Waals surface area contributed by atoms with Gasteiger partial charge in [-0.2, -0.15) is 0 Å². The van der Waals surface area contributed by atoms with Gasteiger partial charge in [0.2, 0.25) is 0 Å². The first kappa shape index (κ1) is 8.92. The number of aliphatic hydroxyl groups is 2. The molecule has 0 atom stereocenters. The summed E-state index contributed by atoms with van der Waals surface area (Å²) < 4.78 is 0. The van der Waals surface area contributed by atoms with E-state index in [2.05, 4.69) is 6.92 Å². The quantitative estimate of drug-likeness (QED) is 0.560. The lowest BCUT2D eigenvalue weighted by atomic mass is 10.1. The van der Waals surface area contributed by atoms with Crippen LogP contribution in [-0.2, 0) is 0 Å². The molecule has 1 radical (unpaired) electrons. The van der Waals surface area contributed by atoms with Crippen LogP contribution in [-0.4, -0.2) is 16.0 Å². The minimum Gasteiger partial charge on any atom is -0.366 e. The van der Waals surface area contributed by atoms with Crippen molar-refractivity contribution >= 4 is 0 Å². The smallest absolute Gasteiger partial charge is 0.162 e. The van der Waals surface area contributed by atoms with Crippen LogP contribution in [0.25, 0.3) is 0 Å². The SMILES string of the molecule is [CH2]CCCC(O)(O)CC. The first-order valence-corrected chi connectivity index (χ1v) is 3.36. The van der Waals surface area contributed by atoms with E-state index in [0.29, 0.717) is 12.8 Å². The summed E-state index contributed by atoms with van der Waals surface area (Å²) in [5.41, 5.74) is 0. The zero-order valence-electron chi connectivity index (χ0n) is 5.93. The van der Waals surface area contributed by atoms with Crippen LogP contribution in [0, 0.1) is 6.92 Å². The van der Waals surface area contributed by atoms with Crippen molar-refractivity contribution in [1.82, 2.24) is 0 Å². The van der Waals surface area contributed by atoms with Gasteiger partial charge < -0.3 is 10.2 Å². The number of hydrogen-bond acceptors (Lipinski definition) is 2. The lowest BCUT2D eigenvalue weighted by molar-refractivity contribution is -0.167. The van der Waals surface area contributed by atoms with Gasteiger partial charge in [0.25, 0.3) is 0 Å². The minimum atomic E-state index is -1.45. The third kappa shape index (κ3) is 4.43. The largest absolute Gasteiger partial charge is 0.366 e. The molecule has 0 heterocycles. The Labute approximate surface area is 56.5 Å². The molecular weight excluding hydrogens is 116 g/mol. The van der Waals surface area contributed by atoms with Crippen molar-refractivity contribution in [2.45, 2.75) is 38.4 Å². The lowest BCUT2D eigenvalue weighted by Gasteiger charge is -2.18. The fourth-order valence-corrected chi connectivity index (χ4v) is 0.585. The van der Waals surface area contributed by atoms with Crippen LogP contribution in [0.1, 0.15) is 32.6 Å². The van der Waals surface area contributed by atoms with Gasteiger partial charge >= 0.3 is 0 Å². The van der Waals surface area contributed by atoms with Crippen LogP contribution in [0.2, 0.25) is 0 Å². The van der Waals surface area contributed by atoms with Crippen LogP contribution in [0.3, 0.4) is 0 Å². The molecule has 0 aliphatic carbocycles. The van der Waals surface area contributed by atoms with Gasteiger partial charge in [-0.1, -0.05) is 20.3 Å². The molecule has 0 unspecified atom stereocenters. The van der Waals surface area contributed by atoms with Crippen molar-refractivity contribution in [2.24, 2.45) is 0 Å². The third-order valence-electron chi connectivity index (χ3n) is 1.39. The van der Waals surface area contributed by atoms with E-state index in [4.69, 9.17) is 10.2 Å².